The predicted octanol–water partition coefficient (Wildman–Crippen LogP) is 4.08. The highest BCUT2D eigenvalue weighted by Gasteiger charge is 2.16. The average Bonchev–Trinajstić information content (AvgIpc) is 3.17. The Labute approximate surface area is 177 Å². The highest BCUT2D eigenvalue weighted by atomic mass is 35.5. The number of amides is 2. The zero-order valence-electron chi connectivity index (χ0n) is 16.0. The summed E-state index contributed by atoms with van der Waals surface area (Å²) in [5, 5.41) is 8.69. The van der Waals surface area contributed by atoms with Crippen LogP contribution in [0.4, 0.5) is 5.69 Å². The van der Waals surface area contributed by atoms with E-state index in [-0.39, 0.29) is 0 Å². The first-order valence-corrected chi connectivity index (χ1v) is 10.2. The van der Waals surface area contributed by atoms with Crippen LogP contribution in [-0.4, -0.2) is 30.5 Å². The Bertz CT molecular complexity index is 1020. The van der Waals surface area contributed by atoms with Gasteiger partial charge < -0.3 is 15.4 Å². The first-order chi connectivity index (χ1) is 14.0. The minimum absolute atomic E-state index is 0.307. The molecule has 0 unspecified atom stereocenters. The number of nitrogens with zero attached hydrogens (tertiary/aromatic N) is 1. The summed E-state index contributed by atoms with van der Waals surface area (Å²) in [6.07, 6.45) is 0.525. The molecule has 2 N–H and O–H groups in total. The lowest BCUT2D eigenvalue weighted by Crippen LogP contribution is -2.36. The van der Waals surface area contributed by atoms with Crippen molar-refractivity contribution in [1.82, 2.24) is 10.3 Å². The number of aromatic nitrogens is 1. The monoisotopic (exact) mass is 429 g/mol. The maximum atomic E-state index is 12.1. The van der Waals surface area contributed by atoms with Crippen molar-refractivity contribution < 1.29 is 14.3 Å². The molecule has 29 heavy (non-hydrogen) atoms. The molecule has 150 valence electrons. The van der Waals surface area contributed by atoms with Crippen LogP contribution in [0.2, 0.25) is 5.02 Å². The lowest BCUT2D eigenvalue weighted by atomic mass is 10.2. The van der Waals surface area contributed by atoms with E-state index in [0.29, 0.717) is 29.4 Å². The second kappa shape index (κ2) is 9.54. The van der Waals surface area contributed by atoms with Gasteiger partial charge in [-0.1, -0.05) is 29.8 Å². The molecule has 0 aliphatic heterocycles. The number of nitrogens with one attached hydrogen (secondary N) is 2. The maximum Gasteiger partial charge on any atom is 0.313 e. The topological polar surface area (TPSA) is 80.3 Å². The van der Waals surface area contributed by atoms with Crippen molar-refractivity contribution in [2.24, 2.45) is 0 Å². The molecule has 1 aromatic heterocycles. The van der Waals surface area contributed by atoms with Crippen LogP contribution in [0.25, 0.3) is 10.6 Å². The highest BCUT2D eigenvalue weighted by molar-refractivity contribution is 7.13. The molecule has 0 radical (unpaired) electrons. The van der Waals surface area contributed by atoms with Gasteiger partial charge >= 0.3 is 11.8 Å². The Hall–Kier alpha value is -2.90. The van der Waals surface area contributed by atoms with Crippen LogP contribution < -0.4 is 15.4 Å². The van der Waals surface area contributed by atoms with Crippen LogP contribution in [0, 0.1) is 6.92 Å². The number of thiazole rings is 1. The smallest absolute Gasteiger partial charge is 0.313 e. The summed E-state index contributed by atoms with van der Waals surface area (Å²) in [4.78, 5) is 28.8. The largest absolute Gasteiger partial charge is 0.495 e. The Morgan fingerprint density at radius 2 is 1.90 bits per heavy atom. The Balaban J connectivity index is 1.52. The van der Waals surface area contributed by atoms with Crippen LogP contribution >= 0.6 is 22.9 Å². The van der Waals surface area contributed by atoms with Gasteiger partial charge in [0.25, 0.3) is 0 Å². The number of carbonyl (C=O) groups is 2. The van der Waals surface area contributed by atoms with Crippen molar-refractivity contribution >= 4 is 40.4 Å². The van der Waals surface area contributed by atoms with E-state index in [1.165, 1.54) is 18.4 Å². The summed E-state index contributed by atoms with van der Waals surface area (Å²) >= 11 is 7.43. The van der Waals surface area contributed by atoms with E-state index in [4.69, 9.17) is 16.3 Å². The molecule has 0 saturated carbocycles. The van der Waals surface area contributed by atoms with Gasteiger partial charge in [-0.25, -0.2) is 4.98 Å². The molecule has 8 heteroatoms. The Morgan fingerprint density at radius 3 is 2.62 bits per heavy atom. The minimum atomic E-state index is -0.742. The zero-order chi connectivity index (χ0) is 20.8. The van der Waals surface area contributed by atoms with Gasteiger partial charge in [-0.05, 0) is 36.8 Å². The summed E-state index contributed by atoms with van der Waals surface area (Å²) < 4.78 is 5.20. The fraction of sp³-hybridized carbons (Fsp3) is 0.190. The standard InChI is InChI=1S/C21H20ClN3O3S/c1-13-3-8-18(28-2)17(11-13)25-20(27)19(26)23-10-9-16-12-29-21(24-16)14-4-6-15(22)7-5-14/h3-8,11-12H,9-10H2,1-2H3,(H,23,26)(H,25,27). The van der Waals surface area contributed by atoms with E-state index in [0.717, 1.165) is 21.8 Å². The summed E-state index contributed by atoms with van der Waals surface area (Å²) in [5.74, 6) is -0.954. The molecule has 0 atom stereocenters. The Kier molecular flexibility index (Phi) is 6.85. The van der Waals surface area contributed by atoms with Crippen molar-refractivity contribution in [2.45, 2.75) is 13.3 Å². The summed E-state index contributed by atoms with van der Waals surface area (Å²) in [6.45, 7) is 2.20. The molecule has 1 heterocycles. The van der Waals surface area contributed by atoms with Crippen LogP contribution in [0.1, 0.15) is 11.3 Å². The maximum absolute atomic E-state index is 12.1. The van der Waals surface area contributed by atoms with E-state index in [1.54, 1.807) is 12.1 Å². The lowest BCUT2D eigenvalue weighted by Gasteiger charge is -2.11. The molecule has 0 spiro atoms. The van der Waals surface area contributed by atoms with Gasteiger partial charge in [-0.15, -0.1) is 11.3 Å². The molecule has 3 aromatic rings. The van der Waals surface area contributed by atoms with E-state index >= 15 is 0 Å². The normalized spacial score (nSPS) is 10.4. The lowest BCUT2D eigenvalue weighted by molar-refractivity contribution is -0.136. The number of methoxy groups -OCH3 is 1. The van der Waals surface area contributed by atoms with Gasteiger partial charge in [0.2, 0.25) is 0 Å². The summed E-state index contributed by atoms with van der Waals surface area (Å²) in [6, 6.07) is 12.8. The number of rotatable bonds is 6. The number of benzene rings is 2. The number of ether oxygens (including phenoxy) is 1. The number of carbonyl (C=O) groups excluding carboxylic acids is 2. The highest BCUT2D eigenvalue weighted by Crippen LogP contribution is 2.26. The number of anilines is 1. The van der Waals surface area contributed by atoms with Gasteiger partial charge in [-0.3, -0.25) is 9.59 Å². The van der Waals surface area contributed by atoms with Gasteiger partial charge in [0.05, 0.1) is 18.5 Å². The van der Waals surface area contributed by atoms with Crippen molar-refractivity contribution in [1.29, 1.82) is 0 Å². The molecular formula is C21H20ClN3O3S. The molecule has 0 aliphatic carbocycles. The van der Waals surface area contributed by atoms with Crippen molar-refractivity contribution in [3.05, 3.63) is 64.1 Å². The van der Waals surface area contributed by atoms with Crippen molar-refractivity contribution in [3.8, 4) is 16.3 Å². The first kappa shape index (κ1) is 20.8. The summed E-state index contributed by atoms with van der Waals surface area (Å²) in [7, 11) is 1.51. The third-order valence-electron chi connectivity index (χ3n) is 4.12. The molecule has 0 aliphatic rings. The quantitative estimate of drug-likeness (QED) is 0.578. The van der Waals surface area contributed by atoms with Crippen molar-refractivity contribution in [2.75, 3.05) is 19.0 Å². The van der Waals surface area contributed by atoms with Crippen LogP contribution in [0.3, 0.4) is 0 Å². The molecule has 6 nitrogen and oxygen atoms in total. The third kappa shape index (κ3) is 5.56. The molecule has 2 aromatic carbocycles. The number of aryl methyl sites for hydroxylation is 1. The first-order valence-electron chi connectivity index (χ1n) is 8.90. The number of hydrogen-bond acceptors (Lipinski definition) is 5. The molecule has 3 rings (SSSR count). The average molecular weight is 430 g/mol. The fourth-order valence-corrected chi connectivity index (χ4v) is 3.62. The minimum Gasteiger partial charge on any atom is -0.495 e. The molecule has 0 bridgehead atoms. The second-order valence-corrected chi connectivity index (χ2v) is 7.61. The molecule has 0 fully saturated rings. The zero-order valence-corrected chi connectivity index (χ0v) is 17.6. The molecule has 2 amide bonds. The van der Waals surface area contributed by atoms with Gasteiger partial charge in [-0.2, -0.15) is 0 Å². The van der Waals surface area contributed by atoms with Crippen LogP contribution in [0.15, 0.2) is 47.8 Å². The van der Waals surface area contributed by atoms with Crippen molar-refractivity contribution in [3.63, 3.8) is 0 Å². The van der Waals surface area contributed by atoms with E-state index < -0.39 is 11.8 Å². The predicted molar refractivity (Wildman–Crippen MR) is 116 cm³/mol. The Morgan fingerprint density at radius 1 is 1.14 bits per heavy atom. The number of hydrogen-bond donors (Lipinski definition) is 2. The SMILES string of the molecule is COc1ccc(C)cc1NC(=O)C(=O)NCCc1csc(-c2ccc(Cl)cc2)n1. The van der Waals surface area contributed by atoms with Gasteiger partial charge in [0, 0.05) is 28.9 Å². The van der Waals surface area contributed by atoms with Gasteiger partial charge in [0.15, 0.2) is 0 Å². The fourth-order valence-electron chi connectivity index (χ4n) is 2.63. The van der Waals surface area contributed by atoms with Crippen LogP contribution in [-0.2, 0) is 16.0 Å². The van der Waals surface area contributed by atoms with Crippen LogP contribution in [0.5, 0.6) is 5.75 Å². The second-order valence-electron chi connectivity index (χ2n) is 6.31. The van der Waals surface area contributed by atoms with E-state index in [9.17, 15) is 9.59 Å². The third-order valence-corrected chi connectivity index (χ3v) is 5.31. The van der Waals surface area contributed by atoms with Gasteiger partial charge in [0.1, 0.15) is 10.8 Å². The molecular weight excluding hydrogens is 410 g/mol. The molecule has 0 saturated heterocycles. The summed E-state index contributed by atoms with van der Waals surface area (Å²) in [5.41, 5.74) is 3.24. The number of halogens is 1. The van der Waals surface area contributed by atoms with E-state index in [1.807, 2.05) is 42.6 Å². The van der Waals surface area contributed by atoms with E-state index in [2.05, 4.69) is 15.6 Å².